The van der Waals surface area contributed by atoms with E-state index in [2.05, 4.69) is 22.3 Å². The van der Waals surface area contributed by atoms with Crippen molar-refractivity contribution in [3.05, 3.63) is 87.4 Å². The fraction of sp³-hybridized carbons (Fsp3) is 0.488. The molecule has 0 radical (unpaired) electrons. The van der Waals surface area contributed by atoms with E-state index < -0.39 is 5.54 Å². The minimum atomic E-state index is -0.521. The van der Waals surface area contributed by atoms with Crippen LogP contribution in [0.4, 0.5) is 4.79 Å². The number of urea groups is 1. The molecule has 2 heterocycles. The molecule has 0 saturated carbocycles. The van der Waals surface area contributed by atoms with E-state index in [1.54, 1.807) is 37.1 Å². The third-order valence-electron chi connectivity index (χ3n) is 10.7. The number of piperazine rings is 1. The highest BCUT2D eigenvalue weighted by atomic mass is 35.5. The van der Waals surface area contributed by atoms with Crippen LogP contribution in [-0.2, 0) is 15.1 Å². The van der Waals surface area contributed by atoms with Gasteiger partial charge in [-0.2, -0.15) is 0 Å². The topological polar surface area (TPSA) is 113 Å². The van der Waals surface area contributed by atoms with Gasteiger partial charge in [-0.25, -0.2) is 4.79 Å². The van der Waals surface area contributed by atoms with E-state index in [1.165, 1.54) is 21.3 Å². The van der Waals surface area contributed by atoms with Crippen molar-refractivity contribution in [2.75, 3.05) is 93.9 Å². The summed E-state index contributed by atoms with van der Waals surface area (Å²) in [4.78, 5) is 47.6. The van der Waals surface area contributed by atoms with Crippen LogP contribution in [0.5, 0.6) is 17.2 Å². The summed E-state index contributed by atoms with van der Waals surface area (Å²) < 4.78 is 21.5. The molecule has 12 nitrogen and oxygen atoms in total. The molecule has 3 amide bonds. The fourth-order valence-electron chi connectivity index (χ4n) is 7.49. The summed E-state index contributed by atoms with van der Waals surface area (Å²) in [6, 6.07) is 19.1. The molecule has 3 aromatic rings. The molecule has 5 rings (SSSR count). The van der Waals surface area contributed by atoms with E-state index in [4.69, 9.17) is 42.1 Å². The van der Waals surface area contributed by atoms with Crippen molar-refractivity contribution < 1.29 is 33.3 Å². The first kappa shape index (κ1) is 41.9. The van der Waals surface area contributed by atoms with Crippen molar-refractivity contribution in [1.29, 1.82) is 0 Å². The SMILES string of the molecule is CCOC(=O)CN1CCN(C(=O)NC2(c3ccccc3)CCN(CCC(CN(C)C(=O)c3cc(OC)c(OC)c(OC)c3)c3ccc(Cl)c(Cl)c3)CC2)CC1. The van der Waals surface area contributed by atoms with Gasteiger partial charge in [0.25, 0.3) is 5.91 Å². The Morgan fingerprint density at radius 1 is 0.836 bits per heavy atom. The van der Waals surface area contributed by atoms with Crippen molar-refractivity contribution in [3.8, 4) is 17.2 Å². The number of likely N-dealkylation sites (tertiary alicyclic amines) is 1. The molecule has 3 aromatic carbocycles. The molecule has 0 bridgehead atoms. The Labute approximate surface area is 334 Å². The molecule has 2 aliphatic heterocycles. The maximum atomic E-state index is 13.8. The van der Waals surface area contributed by atoms with Crippen molar-refractivity contribution in [1.82, 2.24) is 24.9 Å². The number of carbonyl (C=O) groups is 3. The van der Waals surface area contributed by atoms with Gasteiger partial charge in [0.05, 0.1) is 50.1 Å². The lowest BCUT2D eigenvalue weighted by atomic mass is 9.80. The zero-order chi connectivity index (χ0) is 39.5. The largest absolute Gasteiger partial charge is 0.493 e. The lowest BCUT2D eigenvalue weighted by Crippen LogP contribution is -2.59. The Bertz CT molecular complexity index is 1740. The predicted molar refractivity (Wildman–Crippen MR) is 214 cm³/mol. The van der Waals surface area contributed by atoms with Crippen LogP contribution in [0.1, 0.15) is 53.6 Å². The molecular weight excluding hydrogens is 745 g/mol. The van der Waals surface area contributed by atoms with E-state index in [0.717, 1.165) is 50.0 Å². The number of rotatable bonds is 15. The van der Waals surface area contributed by atoms with Crippen molar-refractivity contribution in [2.24, 2.45) is 0 Å². The summed E-state index contributed by atoms with van der Waals surface area (Å²) in [5, 5.41) is 4.38. The molecule has 2 fully saturated rings. The molecule has 1 N–H and O–H groups in total. The summed E-state index contributed by atoms with van der Waals surface area (Å²) in [5.41, 5.74) is 1.97. The predicted octanol–water partition coefficient (Wildman–Crippen LogP) is 6.15. The molecule has 2 saturated heterocycles. The standard InChI is InChI=1S/C41H53Cl2N5O7/c1-6-55-37(49)28-47-20-22-48(23-21-47)40(51)44-41(32-10-8-7-9-11-32)15-18-46(19-16-41)17-14-30(29-12-13-33(42)34(43)24-29)27-45(2)39(50)31-25-35(52-3)38(54-5)36(26-31)53-4/h7-13,24-26,30H,6,14-23,27-28H2,1-5H3,(H,44,51). The van der Waals surface area contributed by atoms with Crippen LogP contribution in [0, 0.1) is 0 Å². The van der Waals surface area contributed by atoms with Crippen LogP contribution in [0.3, 0.4) is 0 Å². The van der Waals surface area contributed by atoms with Gasteiger partial charge in [0.1, 0.15) is 0 Å². The van der Waals surface area contributed by atoms with Gasteiger partial charge < -0.3 is 39.0 Å². The average Bonchev–Trinajstić information content (AvgIpc) is 3.20. The number of likely N-dealkylation sites (N-methyl/N-ethyl adjacent to an activating group) is 1. The summed E-state index contributed by atoms with van der Waals surface area (Å²) in [6.45, 7) is 7.44. The third-order valence-corrected chi connectivity index (χ3v) is 11.4. The van der Waals surface area contributed by atoms with E-state index >= 15 is 0 Å². The van der Waals surface area contributed by atoms with E-state index in [0.29, 0.717) is 72.2 Å². The molecular formula is C41H53Cl2N5O7. The maximum absolute atomic E-state index is 13.8. The lowest BCUT2D eigenvalue weighted by molar-refractivity contribution is -0.144. The van der Waals surface area contributed by atoms with E-state index in [9.17, 15) is 14.4 Å². The van der Waals surface area contributed by atoms with Gasteiger partial charge in [0, 0.05) is 64.3 Å². The zero-order valence-corrected chi connectivity index (χ0v) is 34.0. The minimum Gasteiger partial charge on any atom is -0.493 e. The number of benzene rings is 3. The Morgan fingerprint density at radius 3 is 2.07 bits per heavy atom. The maximum Gasteiger partial charge on any atom is 0.320 e. The quantitative estimate of drug-likeness (QED) is 0.181. The van der Waals surface area contributed by atoms with Crippen molar-refractivity contribution in [2.45, 2.75) is 37.6 Å². The second-order valence-electron chi connectivity index (χ2n) is 14.0. The van der Waals surface area contributed by atoms with Crippen molar-refractivity contribution >= 4 is 41.1 Å². The first-order valence-corrected chi connectivity index (χ1v) is 19.5. The van der Waals surface area contributed by atoms with Gasteiger partial charge >= 0.3 is 12.0 Å². The molecule has 14 heteroatoms. The van der Waals surface area contributed by atoms with Crippen LogP contribution in [0.15, 0.2) is 60.7 Å². The number of nitrogens with one attached hydrogen (secondary N) is 1. The second-order valence-corrected chi connectivity index (χ2v) is 14.9. The van der Waals surface area contributed by atoms with Crippen LogP contribution in [0.25, 0.3) is 0 Å². The second kappa shape index (κ2) is 19.6. The number of nitrogens with zero attached hydrogens (tertiary/aromatic N) is 4. The normalized spacial score (nSPS) is 16.5. The summed E-state index contributed by atoms with van der Waals surface area (Å²) in [5.74, 6) is 0.748. The van der Waals surface area contributed by atoms with Gasteiger partial charge in [-0.05, 0) is 68.1 Å². The summed E-state index contributed by atoms with van der Waals surface area (Å²) in [7, 11) is 6.35. The molecule has 0 aromatic heterocycles. The van der Waals surface area contributed by atoms with E-state index in [1.807, 2.05) is 40.1 Å². The fourth-order valence-corrected chi connectivity index (χ4v) is 7.80. The number of esters is 1. The molecule has 0 spiro atoms. The molecule has 0 aliphatic carbocycles. The highest BCUT2D eigenvalue weighted by Gasteiger charge is 2.39. The van der Waals surface area contributed by atoms with Gasteiger partial charge in [0.15, 0.2) is 11.5 Å². The number of ether oxygens (including phenoxy) is 4. The van der Waals surface area contributed by atoms with Gasteiger partial charge in [-0.3, -0.25) is 14.5 Å². The van der Waals surface area contributed by atoms with Gasteiger partial charge in [-0.1, -0.05) is 59.6 Å². The Hall–Kier alpha value is -4.23. The first-order chi connectivity index (χ1) is 26.5. The number of carbonyl (C=O) groups excluding carboxylic acids is 3. The number of hydrogen-bond acceptors (Lipinski definition) is 9. The average molecular weight is 799 g/mol. The number of methoxy groups -OCH3 is 3. The molecule has 1 unspecified atom stereocenters. The Morgan fingerprint density at radius 2 is 1.49 bits per heavy atom. The Kier molecular flexibility index (Phi) is 14.9. The first-order valence-electron chi connectivity index (χ1n) is 18.7. The smallest absolute Gasteiger partial charge is 0.320 e. The summed E-state index contributed by atoms with van der Waals surface area (Å²) >= 11 is 12.8. The van der Waals surface area contributed by atoms with Crippen LogP contribution >= 0.6 is 23.2 Å². The number of piperidine rings is 1. The van der Waals surface area contributed by atoms with Crippen molar-refractivity contribution in [3.63, 3.8) is 0 Å². The number of hydrogen-bond donors (Lipinski definition) is 1. The number of amides is 3. The van der Waals surface area contributed by atoms with Crippen LogP contribution < -0.4 is 19.5 Å². The van der Waals surface area contributed by atoms with Crippen LogP contribution in [-0.4, -0.2) is 131 Å². The Balaban J connectivity index is 1.26. The van der Waals surface area contributed by atoms with Crippen LogP contribution in [0.2, 0.25) is 10.0 Å². The molecule has 2 aliphatic rings. The minimum absolute atomic E-state index is 0.0474. The van der Waals surface area contributed by atoms with E-state index in [-0.39, 0.29) is 30.4 Å². The molecule has 55 heavy (non-hydrogen) atoms. The summed E-state index contributed by atoms with van der Waals surface area (Å²) in [6.07, 6.45) is 2.23. The lowest BCUT2D eigenvalue weighted by Gasteiger charge is -2.44. The molecule has 1 atom stereocenters. The number of halogens is 2. The highest BCUT2D eigenvalue weighted by Crippen LogP contribution is 2.39. The highest BCUT2D eigenvalue weighted by molar-refractivity contribution is 6.42. The zero-order valence-electron chi connectivity index (χ0n) is 32.4. The monoisotopic (exact) mass is 797 g/mol. The third kappa shape index (κ3) is 10.5. The van der Waals surface area contributed by atoms with Gasteiger partial charge in [-0.15, -0.1) is 0 Å². The van der Waals surface area contributed by atoms with Gasteiger partial charge in [0.2, 0.25) is 5.75 Å². The molecule has 298 valence electrons.